The van der Waals surface area contributed by atoms with Crippen molar-refractivity contribution < 1.29 is 0 Å². The second-order valence-corrected chi connectivity index (χ2v) is 10.5. The van der Waals surface area contributed by atoms with E-state index in [1.807, 2.05) is 43.3 Å². The number of hydrogen-bond donors (Lipinski definition) is 0. The standard InChI is InChI=1S/C24H13Cl5N4S/c1-12-21(24-31-30-23(34-24)17-8-6-15(26)10-18(17)28)32-33(20-9-7-16(27)11-19(20)29)22(12)13-2-4-14(25)5-3-13/h2-11H,1H3. The summed E-state index contributed by atoms with van der Waals surface area (Å²) in [6.07, 6.45) is 0. The minimum absolute atomic E-state index is 0.475. The van der Waals surface area contributed by atoms with E-state index < -0.39 is 0 Å². The molecule has 4 nitrogen and oxygen atoms in total. The predicted molar refractivity (Wildman–Crippen MR) is 143 cm³/mol. The van der Waals surface area contributed by atoms with Crippen LogP contribution in [0.15, 0.2) is 60.7 Å². The van der Waals surface area contributed by atoms with Gasteiger partial charge in [-0.1, -0.05) is 81.5 Å². The number of hydrogen-bond acceptors (Lipinski definition) is 4. The first-order valence-electron chi connectivity index (χ1n) is 9.92. The Bertz CT molecular complexity index is 1530. The second kappa shape index (κ2) is 9.50. The van der Waals surface area contributed by atoms with E-state index in [9.17, 15) is 0 Å². The average molecular weight is 567 g/mol. The van der Waals surface area contributed by atoms with Crippen LogP contribution >= 0.6 is 69.3 Å². The van der Waals surface area contributed by atoms with E-state index >= 15 is 0 Å². The molecule has 0 N–H and O–H groups in total. The summed E-state index contributed by atoms with van der Waals surface area (Å²) in [6.45, 7) is 1.99. The molecule has 0 saturated carbocycles. The van der Waals surface area contributed by atoms with Gasteiger partial charge in [-0.15, -0.1) is 10.2 Å². The first-order chi connectivity index (χ1) is 16.3. The number of benzene rings is 3. The minimum atomic E-state index is 0.475. The molecule has 0 unspecified atom stereocenters. The molecule has 0 fully saturated rings. The van der Waals surface area contributed by atoms with Crippen molar-refractivity contribution in [1.29, 1.82) is 0 Å². The van der Waals surface area contributed by atoms with Crippen molar-refractivity contribution in [1.82, 2.24) is 20.0 Å². The van der Waals surface area contributed by atoms with E-state index in [2.05, 4.69) is 10.2 Å². The molecule has 2 aromatic heterocycles. The average Bonchev–Trinajstić information content (AvgIpc) is 3.39. The van der Waals surface area contributed by atoms with E-state index in [4.69, 9.17) is 63.1 Å². The fourth-order valence-corrected chi connectivity index (χ4v) is 5.66. The molecule has 0 radical (unpaired) electrons. The van der Waals surface area contributed by atoms with Gasteiger partial charge >= 0.3 is 0 Å². The topological polar surface area (TPSA) is 43.6 Å². The molecule has 0 saturated heterocycles. The van der Waals surface area contributed by atoms with Crippen LogP contribution in [0.3, 0.4) is 0 Å². The molecule has 5 rings (SSSR count). The van der Waals surface area contributed by atoms with Crippen molar-refractivity contribution in [2.45, 2.75) is 6.92 Å². The fraction of sp³-hybridized carbons (Fsp3) is 0.0417. The summed E-state index contributed by atoms with van der Waals surface area (Å²) < 4.78 is 1.79. The molecule has 5 aromatic rings. The lowest BCUT2D eigenvalue weighted by Crippen LogP contribution is -2.00. The third-order valence-electron chi connectivity index (χ3n) is 5.17. The minimum Gasteiger partial charge on any atom is -0.231 e. The van der Waals surface area contributed by atoms with E-state index in [0.717, 1.165) is 22.4 Å². The Hall–Kier alpha value is -2.12. The van der Waals surface area contributed by atoms with Crippen molar-refractivity contribution in [2.24, 2.45) is 0 Å². The van der Waals surface area contributed by atoms with E-state index in [1.165, 1.54) is 11.3 Å². The quantitative estimate of drug-likeness (QED) is 0.218. The van der Waals surface area contributed by atoms with Crippen LogP contribution in [-0.2, 0) is 0 Å². The summed E-state index contributed by atoms with van der Waals surface area (Å²) in [6, 6.07) is 18.1. The molecule has 3 aromatic carbocycles. The normalized spacial score (nSPS) is 11.2. The summed E-state index contributed by atoms with van der Waals surface area (Å²) in [4.78, 5) is 0. The Morgan fingerprint density at radius 3 is 2.00 bits per heavy atom. The molecule has 0 spiro atoms. The van der Waals surface area contributed by atoms with Crippen LogP contribution in [-0.4, -0.2) is 20.0 Å². The van der Waals surface area contributed by atoms with E-state index in [1.54, 1.807) is 28.9 Å². The van der Waals surface area contributed by atoms with Gasteiger partial charge in [0, 0.05) is 31.8 Å². The smallest absolute Gasteiger partial charge is 0.168 e. The van der Waals surface area contributed by atoms with Crippen LogP contribution in [0.2, 0.25) is 25.1 Å². The summed E-state index contributed by atoms with van der Waals surface area (Å²) in [5, 5.41) is 17.7. The summed E-state index contributed by atoms with van der Waals surface area (Å²) >= 11 is 32.6. The third-order valence-corrected chi connectivity index (χ3v) is 7.47. The van der Waals surface area contributed by atoms with Crippen molar-refractivity contribution in [3.63, 3.8) is 0 Å². The van der Waals surface area contributed by atoms with Crippen LogP contribution in [0.25, 0.3) is 38.2 Å². The number of nitrogens with zero attached hydrogens (tertiary/aromatic N) is 4. The highest BCUT2D eigenvalue weighted by Gasteiger charge is 2.23. The van der Waals surface area contributed by atoms with E-state index in [0.29, 0.717) is 46.5 Å². The molecule has 0 aliphatic carbocycles. The zero-order valence-electron chi connectivity index (χ0n) is 17.4. The lowest BCUT2D eigenvalue weighted by atomic mass is 10.1. The first-order valence-corrected chi connectivity index (χ1v) is 12.6. The highest BCUT2D eigenvalue weighted by atomic mass is 35.5. The molecule has 0 aliphatic heterocycles. The highest BCUT2D eigenvalue weighted by Crippen LogP contribution is 2.39. The fourth-order valence-electron chi connectivity index (χ4n) is 3.56. The van der Waals surface area contributed by atoms with Gasteiger partial charge in [0.05, 0.1) is 21.4 Å². The first kappa shape index (κ1) is 23.6. The zero-order chi connectivity index (χ0) is 24.0. The summed E-state index contributed by atoms with van der Waals surface area (Å²) in [5.74, 6) is 0. The Morgan fingerprint density at radius 2 is 1.32 bits per heavy atom. The maximum absolute atomic E-state index is 6.55. The second-order valence-electron chi connectivity index (χ2n) is 7.37. The van der Waals surface area contributed by atoms with Crippen LogP contribution in [0, 0.1) is 6.92 Å². The van der Waals surface area contributed by atoms with Gasteiger partial charge in [0.25, 0.3) is 0 Å². The number of aromatic nitrogens is 4. The Balaban J connectivity index is 1.69. The van der Waals surface area contributed by atoms with Crippen LogP contribution in [0.4, 0.5) is 0 Å². The van der Waals surface area contributed by atoms with Crippen LogP contribution < -0.4 is 0 Å². The summed E-state index contributed by atoms with van der Waals surface area (Å²) in [5.41, 5.74) is 4.83. The van der Waals surface area contributed by atoms with Crippen LogP contribution in [0.5, 0.6) is 0 Å². The SMILES string of the molecule is Cc1c(-c2nnc(-c3ccc(Cl)cc3Cl)s2)nn(-c2ccc(Cl)cc2Cl)c1-c1ccc(Cl)cc1. The molecular formula is C24H13Cl5N4S. The third kappa shape index (κ3) is 4.44. The molecule has 0 atom stereocenters. The van der Waals surface area contributed by atoms with Crippen molar-refractivity contribution in [3.05, 3.63) is 91.3 Å². The zero-order valence-corrected chi connectivity index (χ0v) is 22.0. The highest BCUT2D eigenvalue weighted by molar-refractivity contribution is 7.18. The molecule has 0 aliphatic rings. The molecule has 170 valence electrons. The van der Waals surface area contributed by atoms with Crippen molar-refractivity contribution in [2.75, 3.05) is 0 Å². The lowest BCUT2D eigenvalue weighted by Gasteiger charge is -2.11. The summed E-state index contributed by atoms with van der Waals surface area (Å²) in [7, 11) is 0. The van der Waals surface area contributed by atoms with Gasteiger partial charge in [-0.05, 0) is 55.5 Å². The van der Waals surface area contributed by atoms with Gasteiger partial charge in [0.2, 0.25) is 0 Å². The monoisotopic (exact) mass is 564 g/mol. The predicted octanol–water partition coefficient (Wildman–Crippen LogP) is 9.30. The van der Waals surface area contributed by atoms with Crippen molar-refractivity contribution in [3.8, 4) is 38.2 Å². The van der Waals surface area contributed by atoms with Crippen molar-refractivity contribution >= 4 is 69.3 Å². The number of rotatable bonds is 4. The Labute approximate surface area is 224 Å². The Kier molecular flexibility index (Phi) is 6.60. The van der Waals surface area contributed by atoms with Gasteiger partial charge in [-0.2, -0.15) is 5.10 Å². The van der Waals surface area contributed by atoms with Gasteiger partial charge < -0.3 is 0 Å². The molecule has 0 bridgehead atoms. The van der Waals surface area contributed by atoms with Gasteiger partial charge in [0.15, 0.2) is 5.01 Å². The molecular weight excluding hydrogens is 554 g/mol. The lowest BCUT2D eigenvalue weighted by molar-refractivity contribution is 0.889. The molecule has 2 heterocycles. The molecule has 10 heteroatoms. The molecule has 34 heavy (non-hydrogen) atoms. The van der Waals surface area contributed by atoms with Crippen LogP contribution in [0.1, 0.15) is 5.56 Å². The number of halogens is 5. The van der Waals surface area contributed by atoms with E-state index in [-0.39, 0.29) is 0 Å². The maximum atomic E-state index is 6.55. The van der Waals surface area contributed by atoms with Gasteiger partial charge in [-0.3, -0.25) is 0 Å². The largest absolute Gasteiger partial charge is 0.231 e. The maximum Gasteiger partial charge on any atom is 0.168 e. The van der Waals surface area contributed by atoms with Gasteiger partial charge in [0.1, 0.15) is 10.7 Å². The molecule has 0 amide bonds. The Morgan fingerprint density at radius 1 is 0.706 bits per heavy atom. The van der Waals surface area contributed by atoms with Gasteiger partial charge in [-0.25, -0.2) is 4.68 Å².